The Labute approximate surface area is 120 Å². The van der Waals surface area contributed by atoms with Crippen LogP contribution in [0.2, 0.25) is 0 Å². The highest BCUT2D eigenvalue weighted by Gasteiger charge is 2.20. The molecule has 1 heterocycles. The van der Waals surface area contributed by atoms with Crippen LogP contribution in [0.15, 0.2) is 35.7 Å². The Bertz CT molecular complexity index is 596. The van der Waals surface area contributed by atoms with Crippen LogP contribution in [0.3, 0.4) is 0 Å². The number of halogens is 2. The molecule has 0 fully saturated rings. The molecule has 1 N–H and O–H groups in total. The summed E-state index contributed by atoms with van der Waals surface area (Å²) in [5.74, 6) is -2.19. The van der Waals surface area contributed by atoms with Crippen LogP contribution in [-0.4, -0.2) is 5.91 Å². The number of carbonyl (C=O) groups excluding carboxylic acids is 1. The molecule has 106 valence electrons. The normalized spacial score (nSPS) is 12.4. The number of hydrogen-bond donors (Lipinski definition) is 1. The molecule has 1 aromatic carbocycles. The van der Waals surface area contributed by atoms with Gasteiger partial charge in [-0.25, -0.2) is 8.78 Å². The summed E-state index contributed by atoms with van der Waals surface area (Å²) in [5.41, 5.74) is 0.117. The molecule has 1 aromatic heterocycles. The van der Waals surface area contributed by atoms with E-state index in [-0.39, 0.29) is 17.5 Å². The second-order valence-corrected chi connectivity index (χ2v) is 5.82. The average molecular weight is 295 g/mol. The van der Waals surface area contributed by atoms with Crippen LogP contribution in [0.4, 0.5) is 8.78 Å². The highest BCUT2D eigenvalue weighted by molar-refractivity contribution is 7.10. The topological polar surface area (TPSA) is 29.1 Å². The fourth-order valence-corrected chi connectivity index (χ4v) is 2.85. The maximum absolute atomic E-state index is 13.2. The molecule has 2 aromatic rings. The SMILES string of the molecule is CC(C)[C@@H](NC(=O)c1ccc(F)c(F)c1)c1cccs1. The van der Waals surface area contributed by atoms with Crippen LogP contribution >= 0.6 is 11.3 Å². The molecule has 20 heavy (non-hydrogen) atoms. The molecule has 0 saturated heterocycles. The van der Waals surface area contributed by atoms with E-state index >= 15 is 0 Å². The van der Waals surface area contributed by atoms with Gasteiger partial charge in [-0.05, 0) is 35.6 Å². The van der Waals surface area contributed by atoms with Crippen molar-refractivity contribution in [2.45, 2.75) is 19.9 Å². The standard InChI is InChI=1S/C15H15F2NOS/c1-9(2)14(13-4-3-7-20-13)18-15(19)10-5-6-11(16)12(17)8-10/h3-9,14H,1-2H3,(H,18,19)/t14-/m1/s1. The van der Waals surface area contributed by atoms with E-state index in [1.54, 1.807) is 11.3 Å². The molecule has 0 unspecified atom stereocenters. The molecule has 0 saturated carbocycles. The lowest BCUT2D eigenvalue weighted by molar-refractivity contribution is 0.0926. The van der Waals surface area contributed by atoms with Crippen molar-refractivity contribution in [1.29, 1.82) is 0 Å². The van der Waals surface area contributed by atoms with E-state index in [0.717, 1.165) is 17.0 Å². The van der Waals surface area contributed by atoms with E-state index in [2.05, 4.69) is 5.32 Å². The maximum Gasteiger partial charge on any atom is 0.251 e. The lowest BCUT2D eigenvalue weighted by atomic mass is 10.0. The van der Waals surface area contributed by atoms with Crippen LogP contribution in [0.5, 0.6) is 0 Å². The molecule has 0 aliphatic heterocycles. The Balaban J connectivity index is 2.18. The van der Waals surface area contributed by atoms with Crippen LogP contribution in [0.25, 0.3) is 0 Å². The Morgan fingerprint density at radius 3 is 2.50 bits per heavy atom. The van der Waals surface area contributed by atoms with Gasteiger partial charge in [-0.2, -0.15) is 0 Å². The maximum atomic E-state index is 13.2. The van der Waals surface area contributed by atoms with Crippen LogP contribution in [-0.2, 0) is 0 Å². The molecule has 1 amide bonds. The van der Waals surface area contributed by atoms with Gasteiger partial charge in [-0.15, -0.1) is 11.3 Å². The van der Waals surface area contributed by atoms with Crippen molar-refractivity contribution < 1.29 is 13.6 Å². The minimum atomic E-state index is -1.02. The number of carbonyl (C=O) groups is 1. The molecule has 0 aliphatic rings. The highest BCUT2D eigenvalue weighted by atomic mass is 32.1. The van der Waals surface area contributed by atoms with Crippen LogP contribution in [0.1, 0.15) is 35.1 Å². The van der Waals surface area contributed by atoms with E-state index in [9.17, 15) is 13.6 Å². The van der Waals surface area contributed by atoms with Crippen molar-refractivity contribution in [2.75, 3.05) is 0 Å². The fraction of sp³-hybridized carbons (Fsp3) is 0.267. The van der Waals surface area contributed by atoms with E-state index < -0.39 is 17.5 Å². The summed E-state index contributed by atoms with van der Waals surface area (Å²) in [6, 6.07) is 6.87. The van der Waals surface area contributed by atoms with Crippen molar-refractivity contribution in [1.82, 2.24) is 5.32 Å². The first-order chi connectivity index (χ1) is 9.49. The number of benzene rings is 1. The molecule has 1 atom stereocenters. The van der Waals surface area contributed by atoms with E-state index in [1.165, 1.54) is 6.07 Å². The first-order valence-corrected chi connectivity index (χ1v) is 7.16. The van der Waals surface area contributed by atoms with Gasteiger partial charge in [0.2, 0.25) is 0 Å². The number of rotatable bonds is 4. The predicted octanol–water partition coefficient (Wildman–Crippen LogP) is 4.15. The zero-order chi connectivity index (χ0) is 14.7. The van der Waals surface area contributed by atoms with Crippen LogP contribution in [0, 0.1) is 17.6 Å². The van der Waals surface area contributed by atoms with Gasteiger partial charge in [-0.3, -0.25) is 4.79 Å². The molecule has 0 radical (unpaired) electrons. The summed E-state index contributed by atoms with van der Waals surface area (Å²) >= 11 is 1.55. The summed E-state index contributed by atoms with van der Waals surface area (Å²) in [5, 5.41) is 4.80. The Morgan fingerprint density at radius 1 is 1.20 bits per heavy atom. The Hall–Kier alpha value is -1.75. The third kappa shape index (κ3) is 3.22. The summed E-state index contributed by atoms with van der Waals surface area (Å²) in [6.07, 6.45) is 0. The quantitative estimate of drug-likeness (QED) is 0.902. The van der Waals surface area contributed by atoms with Crippen molar-refractivity contribution in [2.24, 2.45) is 5.92 Å². The van der Waals surface area contributed by atoms with Crippen molar-refractivity contribution in [3.8, 4) is 0 Å². The Kier molecular flexibility index (Phi) is 4.49. The van der Waals surface area contributed by atoms with Gasteiger partial charge in [0.25, 0.3) is 5.91 Å². The second kappa shape index (κ2) is 6.13. The molecule has 2 rings (SSSR count). The zero-order valence-electron chi connectivity index (χ0n) is 11.2. The van der Waals surface area contributed by atoms with Crippen LogP contribution < -0.4 is 5.32 Å². The van der Waals surface area contributed by atoms with Gasteiger partial charge in [-0.1, -0.05) is 19.9 Å². The van der Waals surface area contributed by atoms with E-state index in [1.807, 2.05) is 31.4 Å². The fourth-order valence-electron chi connectivity index (χ4n) is 1.90. The monoisotopic (exact) mass is 295 g/mol. The summed E-state index contributed by atoms with van der Waals surface area (Å²) in [4.78, 5) is 13.2. The largest absolute Gasteiger partial charge is 0.344 e. The third-order valence-corrected chi connectivity index (χ3v) is 3.94. The van der Waals surface area contributed by atoms with E-state index in [4.69, 9.17) is 0 Å². The van der Waals surface area contributed by atoms with Gasteiger partial charge in [0, 0.05) is 10.4 Å². The number of thiophene rings is 1. The highest BCUT2D eigenvalue weighted by Crippen LogP contribution is 2.26. The molecule has 0 aliphatic carbocycles. The van der Waals surface area contributed by atoms with Gasteiger partial charge in [0.15, 0.2) is 11.6 Å². The predicted molar refractivity (Wildman–Crippen MR) is 75.7 cm³/mol. The lowest BCUT2D eigenvalue weighted by Crippen LogP contribution is -2.31. The third-order valence-electron chi connectivity index (χ3n) is 2.98. The molecule has 0 bridgehead atoms. The first kappa shape index (κ1) is 14.7. The molecule has 0 spiro atoms. The second-order valence-electron chi connectivity index (χ2n) is 4.84. The first-order valence-electron chi connectivity index (χ1n) is 6.28. The Morgan fingerprint density at radius 2 is 1.95 bits per heavy atom. The molecule has 2 nitrogen and oxygen atoms in total. The van der Waals surface area contributed by atoms with E-state index in [0.29, 0.717) is 0 Å². The number of amides is 1. The van der Waals surface area contributed by atoms with Crippen molar-refractivity contribution in [3.05, 3.63) is 57.8 Å². The van der Waals surface area contributed by atoms with Gasteiger partial charge >= 0.3 is 0 Å². The van der Waals surface area contributed by atoms with Crippen molar-refractivity contribution >= 4 is 17.2 Å². The molecular formula is C15H15F2NOS. The smallest absolute Gasteiger partial charge is 0.251 e. The van der Waals surface area contributed by atoms with Crippen molar-refractivity contribution in [3.63, 3.8) is 0 Å². The summed E-state index contributed by atoms with van der Waals surface area (Å²) in [7, 11) is 0. The molecular weight excluding hydrogens is 280 g/mol. The number of nitrogens with one attached hydrogen (secondary N) is 1. The minimum absolute atomic E-state index is 0.117. The number of hydrogen-bond acceptors (Lipinski definition) is 2. The average Bonchev–Trinajstić information content (AvgIpc) is 2.92. The van der Waals surface area contributed by atoms with Gasteiger partial charge in [0.1, 0.15) is 0 Å². The van der Waals surface area contributed by atoms with Gasteiger partial charge in [0.05, 0.1) is 6.04 Å². The summed E-state index contributed by atoms with van der Waals surface area (Å²) in [6.45, 7) is 3.99. The zero-order valence-corrected chi connectivity index (χ0v) is 12.0. The van der Waals surface area contributed by atoms with Gasteiger partial charge < -0.3 is 5.32 Å². The minimum Gasteiger partial charge on any atom is -0.344 e. The summed E-state index contributed by atoms with van der Waals surface area (Å²) < 4.78 is 26.0. The molecule has 5 heteroatoms. The lowest BCUT2D eigenvalue weighted by Gasteiger charge is -2.21.